The SMILES string of the molecule is CN(CCCNC(=O)C[NH+]1CCN(c2ccc([N+](=O)[O-])cc2)CC1)c1ccccc1. The van der Waals surface area contributed by atoms with E-state index < -0.39 is 0 Å². The van der Waals surface area contributed by atoms with Crippen molar-refractivity contribution in [2.45, 2.75) is 6.42 Å². The van der Waals surface area contributed by atoms with Crippen LogP contribution in [0, 0.1) is 10.1 Å². The fraction of sp³-hybridized carbons (Fsp3) is 0.409. The maximum Gasteiger partial charge on any atom is 0.275 e. The topological polar surface area (TPSA) is 83.2 Å². The molecule has 1 saturated heterocycles. The molecule has 0 radical (unpaired) electrons. The van der Waals surface area contributed by atoms with Crippen LogP contribution < -0.4 is 20.0 Å². The number of nitro groups is 1. The lowest BCUT2D eigenvalue weighted by Crippen LogP contribution is -3.15. The molecule has 2 aromatic carbocycles. The van der Waals surface area contributed by atoms with Crippen molar-refractivity contribution in [3.05, 3.63) is 64.7 Å². The summed E-state index contributed by atoms with van der Waals surface area (Å²) in [5, 5.41) is 13.8. The van der Waals surface area contributed by atoms with E-state index in [1.807, 2.05) is 18.2 Å². The van der Waals surface area contributed by atoms with Crippen LogP contribution in [0.2, 0.25) is 0 Å². The lowest BCUT2D eigenvalue weighted by atomic mass is 10.2. The van der Waals surface area contributed by atoms with Gasteiger partial charge in [-0.1, -0.05) is 18.2 Å². The monoisotopic (exact) mass is 412 g/mol. The van der Waals surface area contributed by atoms with Crippen LogP contribution >= 0.6 is 0 Å². The zero-order valence-corrected chi connectivity index (χ0v) is 17.4. The smallest absolute Gasteiger partial charge is 0.275 e. The summed E-state index contributed by atoms with van der Waals surface area (Å²) in [7, 11) is 2.06. The normalized spacial score (nSPS) is 14.4. The van der Waals surface area contributed by atoms with Gasteiger partial charge in [0.1, 0.15) is 0 Å². The highest BCUT2D eigenvalue weighted by Crippen LogP contribution is 2.19. The Morgan fingerprint density at radius 2 is 1.80 bits per heavy atom. The number of hydrogen-bond acceptors (Lipinski definition) is 5. The number of piperazine rings is 1. The summed E-state index contributed by atoms with van der Waals surface area (Å²) in [6, 6.07) is 16.9. The van der Waals surface area contributed by atoms with Gasteiger partial charge in [0.2, 0.25) is 0 Å². The first-order valence-electron chi connectivity index (χ1n) is 10.4. The van der Waals surface area contributed by atoms with Gasteiger partial charge >= 0.3 is 0 Å². The Kier molecular flexibility index (Phi) is 7.62. The predicted octanol–water partition coefficient (Wildman–Crippen LogP) is 0.942. The molecule has 1 amide bonds. The van der Waals surface area contributed by atoms with Crippen molar-refractivity contribution in [3.63, 3.8) is 0 Å². The van der Waals surface area contributed by atoms with E-state index in [2.05, 4.69) is 34.3 Å². The predicted molar refractivity (Wildman–Crippen MR) is 118 cm³/mol. The number of amides is 1. The number of non-ortho nitro benzene ring substituents is 1. The van der Waals surface area contributed by atoms with E-state index in [1.54, 1.807) is 12.1 Å². The van der Waals surface area contributed by atoms with Crippen LogP contribution in [0.25, 0.3) is 0 Å². The molecule has 0 aromatic heterocycles. The molecular formula is C22H30N5O3+. The minimum absolute atomic E-state index is 0.0937. The fourth-order valence-electron chi connectivity index (χ4n) is 3.69. The standard InChI is InChI=1S/C22H29N5O3/c1-24(19-6-3-2-4-7-19)13-5-12-23-22(28)18-25-14-16-26(17-15-25)20-8-10-21(11-9-20)27(29)30/h2-4,6-11H,5,12-18H2,1H3,(H,23,28)/p+1. The number of nitrogens with zero attached hydrogens (tertiary/aromatic N) is 3. The molecule has 8 nitrogen and oxygen atoms in total. The van der Waals surface area contributed by atoms with Crippen molar-refractivity contribution >= 4 is 23.0 Å². The molecule has 160 valence electrons. The maximum absolute atomic E-state index is 12.3. The number of anilines is 2. The van der Waals surface area contributed by atoms with Crippen LogP contribution in [0.3, 0.4) is 0 Å². The molecular weight excluding hydrogens is 382 g/mol. The Morgan fingerprint density at radius 3 is 2.43 bits per heavy atom. The van der Waals surface area contributed by atoms with Crippen molar-refractivity contribution in [2.24, 2.45) is 0 Å². The van der Waals surface area contributed by atoms with Gasteiger partial charge in [-0.05, 0) is 30.7 Å². The summed E-state index contributed by atoms with van der Waals surface area (Å²) >= 11 is 0. The average Bonchev–Trinajstić information content (AvgIpc) is 2.78. The van der Waals surface area contributed by atoms with Gasteiger partial charge in [0, 0.05) is 43.6 Å². The lowest BCUT2D eigenvalue weighted by Gasteiger charge is -2.33. The van der Waals surface area contributed by atoms with E-state index in [1.165, 1.54) is 22.7 Å². The number of nitrogens with one attached hydrogen (secondary N) is 2. The molecule has 2 aromatic rings. The second-order valence-corrected chi connectivity index (χ2v) is 7.65. The van der Waals surface area contributed by atoms with Crippen LogP contribution in [0.15, 0.2) is 54.6 Å². The molecule has 1 aliphatic rings. The Hall–Kier alpha value is -3.13. The molecule has 0 saturated carbocycles. The van der Waals surface area contributed by atoms with Crippen molar-refractivity contribution in [2.75, 3.05) is 62.7 Å². The summed E-state index contributed by atoms with van der Waals surface area (Å²) in [6.07, 6.45) is 0.903. The van der Waals surface area contributed by atoms with Crippen LogP contribution in [0.4, 0.5) is 17.1 Å². The van der Waals surface area contributed by atoms with Gasteiger partial charge in [-0.3, -0.25) is 14.9 Å². The number of carbonyl (C=O) groups excluding carboxylic acids is 1. The van der Waals surface area contributed by atoms with Crippen molar-refractivity contribution in [3.8, 4) is 0 Å². The van der Waals surface area contributed by atoms with Gasteiger partial charge in [0.15, 0.2) is 6.54 Å². The average molecular weight is 413 g/mol. The first-order chi connectivity index (χ1) is 14.5. The Labute approximate surface area is 177 Å². The lowest BCUT2D eigenvalue weighted by molar-refractivity contribution is -0.892. The molecule has 1 fully saturated rings. The molecule has 3 rings (SSSR count). The number of rotatable bonds is 9. The zero-order valence-electron chi connectivity index (χ0n) is 17.4. The Balaban J connectivity index is 1.32. The zero-order chi connectivity index (χ0) is 21.3. The van der Waals surface area contributed by atoms with Crippen molar-refractivity contribution in [1.82, 2.24) is 5.32 Å². The van der Waals surface area contributed by atoms with E-state index in [-0.39, 0.29) is 16.5 Å². The van der Waals surface area contributed by atoms with E-state index in [9.17, 15) is 14.9 Å². The van der Waals surface area contributed by atoms with Gasteiger partial charge in [0.25, 0.3) is 11.6 Å². The van der Waals surface area contributed by atoms with Crippen LogP contribution in [-0.2, 0) is 4.79 Å². The van der Waals surface area contributed by atoms with Crippen molar-refractivity contribution < 1.29 is 14.6 Å². The van der Waals surface area contributed by atoms with Crippen LogP contribution in [0.5, 0.6) is 0 Å². The highest BCUT2D eigenvalue weighted by molar-refractivity contribution is 5.76. The number of hydrogen-bond donors (Lipinski definition) is 2. The molecule has 0 spiro atoms. The summed E-state index contributed by atoms with van der Waals surface area (Å²) in [5.41, 5.74) is 2.28. The van der Waals surface area contributed by atoms with E-state index in [0.29, 0.717) is 13.1 Å². The molecule has 0 unspecified atom stereocenters. The fourth-order valence-corrected chi connectivity index (χ4v) is 3.69. The number of nitro benzene ring substituents is 1. The summed E-state index contributed by atoms with van der Waals surface area (Å²) < 4.78 is 0. The quantitative estimate of drug-likeness (QED) is 0.364. The highest BCUT2D eigenvalue weighted by Gasteiger charge is 2.22. The molecule has 30 heavy (non-hydrogen) atoms. The summed E-state index contributed by atoms with van der Waals surface area (Å²) in [4.78, 5) is 28.3. The number of quaternary nitrogens is 1. The second kappa shape index (κ2) is 10.6. The third-order valence-corrected chi connectivity index (χ3v) is 5.50. The molecule has 0 atom stereocenters. The van der Waals surface area contributed by atoms with E-state index in [0.717, 1.165) is 44.8 Å². The van der Waals surface area contributed by atoms with Crippen LogP contribution in [-0.4, -0.2) is 63.7 Å². The van der Waals surface area contributed by atoms with Gasteiger partial charge < -0.3 is 20.0 Å². The Bertz CT molecular complexity index is 820. The molecule has 0 bridgehead atoms. The molecule has 1 heterocycles. The summed E-state index contributed by atoms with van der Waals surface area (Å²) in [5.74, 6) is 0.0937. The molecule has 0 aliphatic carbocycles. The third-order valence-electron chi connectivity index (χ3n) is 5.50. The molecule has 2 N–H and O–H groups in total. The first kappa shape index (κ1) is 21.6. The minimum Gasteiger partial charge on any atom is -0.375 e. The number of benzene rings is 2. The summed E-state index contributed by atoms with van der Waals surface area (Å²) in [6.45, 7) is 5.48. The van der Waals surface area contributed by atoms with Gasteiger partial charge in [-0.15, -0.1) is 0 Å². The van der Waals surface area contributed by atoms with Crippen molar-refractivity contribution in [1.29, 1.82) is 0 Å². The van der Waals surface area contributed by atoms with Gasteiger partial charge in [-0.2, -0.15) is 0 Å². The first-order valence-corrected chi connectivity index (χ1v) is 10.4. The van der Waals surface area contributed by atoms with E-state index >= 15 is 0 Å². The Morgan fingerprint density at radius 1 is 1.13 bits per heavy atom. The van der Waals surface area contributed by atoms with Gasteiger partial charge in [0.05, 0.1) is 31.1 Å². The van der Waals surface area contributed by atoms with Crippen LogP contribution in [0.1, 0.15) is 6.42 Å². The highest BCUT2D eigenvalue weighted by atomic mass is 16.6. The second-order valence-electron chi connectivity index (χ2n) is 7.65. The van der Waals surface area contributed by atoms with E-state index in [4.69, 9.17) is 0 Å². The minimum atomic E-state index is -0.385. The molecule has 8 heteroatoms. The molecule has 1 aliphatic heterocycles. The number of para-hydroxylation sites is 1. The number of carbonyl (C=O) groups is 1. The largest absolute Gasteiger partial charge is 0.375 e. The third kappa shape index (κ3) is 6.18. The maximum atomic E-state index is 12.3. The van der Waals surface area contributed by atoms with Gasteiger partial charge in [-0.25, -0.2) is 0 Å².